The van der Waals surface area contributed by atoms with Crippen molar-refractivity contribution in [3.63, 3.8) is 0 Å². The molecule has 1 N–H and O–H groups in total. The molecule has 3 rings (SSSR count). The molecule has 2 aromatic rings. The zero-order chi connectivity index (χ0) is 13.4. The van der Waals surface area contributed by atoms with E-state index in [0.29, 0.717) is 12.0 Å². The minimum atomic E-state index is -1.09. The molecule has 5 nitrogen and oxygen atoms in total. The van der Waals surface area contributed by atoms with Gasteiger partial charge in [0.05, 0.1) is 5.56 Å². The summed E-state index contributed by atoms with van der Waals surface area (Å²) in [4.78, 5) is 11.1. The maximum absolute atomic E-state index is 13.7. The van der Waals surface area contributed by atoms with Crippen LogP contribution in [0, 0.1) is 5.82 Å². The molecule has 19 heavy (non-hydrogen) atoms. The number of benzene rings is 1. The highest BCUT2D eigenvalue weighted by molar-refractivity contribution is 6.02. The van der Waals surface area contributed by atoms with Crippen molar-refractivity contribution < 1.29 is 19.0 Å². The number of carbonyl (C=O) groups is 1. The molecule has 100 valence electrons. The zero-order valence-corrected chi connectivity index (χ0v) is 10.2. The number of aromatic carboxylic acids is 1. The SMILES string of the molecule is O=C(O)c1ccc(F)c2nn(C3CCCCO3)cc12. The van der Waals surface area contributed by atoms with Gasteiger partial charge < -0.3 is 9.84 Å². The van der Waals surface area contributed by atoms with E-state index in [2.05, 4.69) is 5.10 Å². The third kappa shape index (κ3) is 2.08. The van der Waals surface area contributed by atoms with Crippen molar-refractivity contribution in [1.29, 1.82) is 0 Å². The van der Waals surface area contributed by atoms with Gasteiger partial charge in [0, 0.05) is 18.2 Å². The molecule has 1 aliphatic rings. The summed E-state index contributed by atoms with van der Waals surface area (Å²) >= 11 is 0. The Kier molecular flexibility index (Phi) is 2.94. The Bertz CT molecular complexity index is 632. The average Bonchev–Trinajstić information content (AvgIpc) is 2.85. The number of nitrogens with zero attached hydrogens (tertiary/aromatic N) is 2. The van der Waals surface area contributed by atoms with Gasteiger partial charge in [-0.1, -0.05) is 0 Å². The summed E-state index contributed by atoms with van der Waals surface area (Å²) in [5, 5.41) is 13.5. The molecule has 0 amide bonds. The maximum atomic E-state index is 13.7. The number of hydrogen-bond acceptors (Lipinski definition) is 3. The van der Waals surface area contributed by atoms with Crippen molar-refractivity contribution in [1.82, 2.24) is 9.78 Å². The molecule has 1 atom stereocenters. The second-order valence-electron chi connectivity index (χ2n) is 4.59. The lowest BCUT2D eigenvalue weighted by Crippen LogP contribution is -2.18. The summed E-state index contributed by atoms with van der Waals surface area (Å²) in [6, 6.07) is 2.39. The predicted octanol–water partition coefficient (Wildman–Crippen LogP) is 2.57. The summed E-state index contributed by atoms with van der Waals surface area (Å²) in [7, 11) is 0. The zero-order valence-electron chi connectivity index (χ0n) is 10.2. The van der Waals surface area contributed by atoms with Crippen molar-refractivity contribution in [2.75, 3.05) is 6.61 Å². The van der Waals surface area contributed by atoms with Gasteiger partial charge in [-0.25, -0.2) is 13.9 Å². The van der Waals surface area contributed by atoms with Gasteiger partial charge in [0.25, 0.3) is 0 Å². The second kappa shape index (κ2) is 4.62. The third-order valence-corrected chi connectivity index (χ3v) is 3.33. The lowest BCUT2D eigenvalue weighted by Gasteiger charge is -2.22. The van der Waals surface area contributed by atoms with Gasteiger partial charge in [-0.3, -0.25) is 0 Å². The van der Waals surface area contributed by atoms with E-state index in [0.717, 1.165) is 25.3 Å². The second-order valence-corrected chi connectivity index (χ2v) is 4.59. The first-order valence-electron chi connectivity index (χ1n) is 6.19. The van der Waals surface area contributed by atoms with Crippen LogP contribution in [0.4, 0.5) is 4.39 Å². The Hall–Kier alpha value is -1.95. The molecule has 0 spiro atoms. The van der Waals surface area contributed by atoms with E-state index in [1.807, 2.05) is 0 Å². The molecule has 1 unspecified atom stereocenters. The molecular formula is C13H13FN2O3. The van der Waals surface area contributed by atoms with E-state index in [4.69, 9.17) is 9.84 Å². The van der Waals surface area contributed by atoms with Crippen LogP contribution < -0.4 is 0 Å². The van der Waals surface area contributed by atoms with Gasteiger partial charge in [-0.05, 0) is 31.4 Å². The first kappa shape index (κ1) is 12.1. The van der Waals surface area contributed by atoms with Crippen molar-refractivity contribution >= 4 is 16.9 Å². The van der Waals surface area contributed by atoms with E-state index < -0.39 is 11.8 Å². The molecule has 6 heteroatoms. The fourth-order valence-corrected chi connectivity index (χ4v) is 2.36. The number of rotatable bonds is 2. The van der Waals surface area contributed by atoms with E-state index in [1.165, 1.54) is 10.7 Å². The van der Waals surface area contributed by atoms with Crippen molar-refractivity contribution in [3.05, 3.63) is 29.7 Å². The van der Waals surface area contributed by atoms with Gasteiger partial charge in [-0.15, -0.1) is 0 Å². The number of hydrogen-bond donors (Lipinski definition) is 1. The van der Waals surface area contributed by atoms with Crippen LogP contribution in [-0.4, -0.2) is 27.5 Å². The molecule has 1 fully saturated rings. The van der Waals surface area contributed by atoms with Crippen molar-refractivity contribution in [3.8, 4) is 0 Å². The van der Waals surface area contributed by atoms with Gasteiger partial charge in [0.15, 0.2) is 5.82 Å². The predicted molar refractivity (Wildman–Crippen MR) is 65.5 cm³/mol. The highest BCUT2D eigenvalue weighted by Gasteiger charge is 2.20. The number of aromatic nitrogens is 2. The Balaban J connectivity index is 2.10. The maximum Gasteiger partial charge on any atom is 0.336 e. The molecule has 0 radical (unpaired) electrons. The van der Waals surface area contributed by atoms with Crippen molar-refractivity contribution in [2.45, 2.75) is 25.5 Å². The molecule has 1 aromatic heterocycles. The van der Waals surface area contributed by atoms with E-state index in [-0.39, 0.29) is 17.3 Å². The summed E-state index contributed by atoms with van der Waals surface area (Å²) in [5.74, 6) is -1.61. The van der Waals surface area contributed by atoms with Crippen molar-refractivity contribution in [2.24, 2.45) is 0 Å². The van der Waals surface area contributed by atoms with Crippen LogP contribution in [0.3, 0.4) is 0 Å². The fraction of sp³-hybridized carbons (Fsp3) is 0.385. The Morgan fingerprint density at radius 2 is 2.32 bits per heavy atom. The van der Waals surface area contributed by atoms with Crippen LogP contribution >= 0.6 is 0 Å². The lowest BCUT2D eigenvalue weighted by atomic mass is 10.1. The molecule has 1 aliphatic heterocycles. The number of halogens is 1. The lowest BCUT2D eigenvalue weighted by molar-refractivity contribution is -0.0391. The Morgan fingerprint density at radius 1 is 1.47 bits per heavy atom. The molecule has 1 saturated heterocycles. The minimum absolute atomic E-state index is 0.0541. The highest BCUT2D eigenvalue weighted by atomic mass is 19.1. The Morgan fingerprint density at radius 3 is 3.00 bits per heavy atom. The monoisotopic (exact) mass is 264 g/mol. The quantitative estimate of drug-likeness (QED) is 0.905. The van der Waals surface area contributed by atoms with E-state index >= 15 is 0 Å². The Labute approximate surface area is 108 Å². The van der Waals surface area contributed by atoms with Crippen LogP contribution in [0.5, 0.6) is 0 Å². The number of carboxylic acids is 1. The summed E-state index contributed by atoms with van der Waals surface area (Å²) in [6.45, 7) is 0.648. The minimum Gasteiger partial charge on any atom is -0.478 e. The van der Waals surface area contributed by atoms with Crippen LogP contribution in [0.25, 0.3) is 10.9 Å². The van der Waals surface area contributed by atoms with Crippen LogP contribution in [0.1, 0.15) is 35.8 Å². The smallest absolute Gasteiger partial charge is 0.336 e. The highest BCUT2D eigenvalue weighted by Crippen LogP contribution is 2.26. The summed E-state index contributed by atoms with van der Waals surface area (Å²) < 4.78 is 20.8. The average molecular weight is 264 g/mol. The van der Waals surface area contributed by atoms with Gasteiger partial charge >= 0.3 is 5.97 Å². The van der Waals surface area contributed by atoms with Gasteiger partial charge in [0.2, 0.25) is 0 Å². The largest absolute Gasteiger partial charge is 0.478 e. The first-order chi connectivity index (χ1) is 9.16. The molecule has 0 saturated carbocycles. The van der Waals surface area contributed by atoms with E-state index in [1.54, 1.807) is 6.20 Å². The van der Waals surface area contributed by atoms with E-state index in [9.17, 15) is 9.18 Å². The summed E-state index contributed by atoms with van der Waals surface area (Å²) in [5.41, 5.74) is 0.132. The topological polar surface area (TPSA) is 64.3 Å². The molecular weight excluding hydrogens is 251 g/mol. The number of ether oxygens (including phenoxy) is 1. The normalized spacial score (nSPS) is 19.7. The van der Waals surface area contributed by atoms with Crippen LogP contribution in [0.2, 0.25) is 0 Å². The molecule has 2 heterocycles. The molecule has 0 bridgehead atoms. The van der Waals surface area contributed by atoms with Crippen LogP contribution in [0.15, 0.2) is 18.3 Å². The van der Waals surface area contributed by atoms with Crippen LogP contribution in [-0.2, 0) is 4.74 Å². The summed E-state index contributed by atoms with van der Waals surface area (Å²) in [6.07, 6.45) is 4.15. The third-order valence-electron chi connectivity index (χ3n) is 3.33. The van der Waals surface area contributed by atoms with Gasteiger partial charge in [-0.2, -0.15) is 5.10 Å². The standard InChI is InChI=1S/C13H13FN2O3/c14-10-5-4-8(13(17)18)9-7-16(15-12(9)10)11-3-1-2-6-19-11/h4-5,7,11H,1-3,6H2,(H,17,18). The number of fused-ring (bicyclic) bond motifs is 1. The molecule has 1 aromatic carbocycles. The number of carboxylic acid groups (broad SMARTS) is 1. The fourth-order valence-electron chi connectivity index (χ4n) is 2.36. The first-order valence-corrected chi connectivity index (χ1v) is 6.19. The molecule has 0 aliphatic carbocycles. The van der Waals surface area contributed by atoms with Gasteiger partial charge in [0.1, 0.15) is 11.7 Å².